The van der Waals surface area contributed by atoms with E-state index in [-0.39, 0.29) is 6.42 Å². The summed E-state index contributed by atoms with van der Waals surface area (Å²) in [4.78, 5) is 10.4. The van der Waals surface area contributed by atoms with Crippen molar-refractivity contribution in [2.75, 3.05) is 0 Å². The molecule has 0 aliphatic heterocycles. The van der Waals surface area contributed by atoms with Crippen molar-refractivity contribution in [1.82, 2.24) is 0 Å². The molecule has 0 bridgehead atoms. The summed E-state index contributed by atoms with van der Waals surface area (Å²) in [6.45, 7) is 2.28. The Bertz CT molecular complexity index is 325. The van der Waals surface area contributed by atoms with Gasteiger partial charge in [-0.25, -0.2) is 4.79 Å². The summed E-state index contributed by atoms with van der Waals surface area (Å²) >= 11 is 0. The summed E-state index contributed by atoms with van der Waals surface area (Å²) in [7, 11) is 0. The van der Waals surface area contributed by atoms with Crippen LogP contribution in [0.2, 0.25) is 0 Å². The lowest BCUT2D eigenvalue weighted by molar-refractivity contribution is -0.146. The number of aliphatic hydroxyl groups excluding tert-OH is 1. The van der Waals surface area contributed by atoms with Gasteiger partial charge in [0.25, 0.3) is 0 Å². The van der Waals surface area contributed by atoms with Crippen LogP contribution >= 0.6 is 0 Å². The number of unbranched alkanes of at least 4 members (excludes halogenated alkanes) is 16. The molecule has 0 aromatic carbocycles. The first kappa shape index (κ1) is 25.2. The van der Waals surface area contributed by atoms with Gasteiger partial charge in [0.05, 0.1) is 0 Å². The molecule has 154 valence electrons. The van der Waals surface area contributed by atoms with Crippen molar-refractivity contribution in [1.29, 1.82) is 0 Å². The number of carbonyl (C=O) groups is 1. The minimum absolute atomic E-state index is 0.216. The Morgan fingerprint density at radius 1 is 0.692 bits per heavy atom. The molecule has 0 saturated heterocycles. The summed E-state index contributed by atoms with van der Waals surface area (Å²) in [6, 6.07) is 0. The fourth-order valence-electron chi connectivity index (χ4n) is 3.25. The first-order chi connectivity index (χ1) is 12.7. The van der Waals surface area contributed by atoms with Crippen LogP contribution in [0.3, 0.4) is 0 Å². The summed E-state index contributed by atoms with van der Waals surface area (Å²) in [5.41, 5.74) is 0. The molecule has 0 rings (SSSR count). The van der Waals surface area contributed by atoms with E-state index in [0.717, 1.165) is 12.8 Å². The van der Waals surface area contributed by atoms with Gasteiger partial charge in [0.15, 0.2) is 6.10 Å². The highest BCUT2D eigenvalue weighted by Crippen LogP contribution is 2.14. The first-order valence-electron chi connectivity index (χ1n) is 11.2. The molecule has 1 unspecified atom stereocenters. The van der Waals surface area contributed by atoms with Gasteiger partial charge < -0.3 is 10.2 Å². The molecule has 3 heteroatoms. The van der Waals surface area contributed by atoms with E-state index in [1.165, 1.54) is 96.3 Å². The summed E-state index contributed by atoms with van der Waals surface area (Å²) in [5.74, 6) is -1.14. The van der Waals surface area contributed by atoms with Gasteiger partial charge in [-0.05, 0) is 12.8 Å². The third kappa shape index (κ3) is 19.5. The molecule has 0 spiro atoms. The average Bonchev–Trinajstić information content (AvgIpc) is 2.63. The smallest absolute Gasteiger partial charge is 0.332 e. The van der Waals surface area contributed by atoms with Gasteiger partial charge in [0.1, 0.15) is 0 Å². The molecule has 0 aliphatic rings. The molecule has 0 radical (unpaired) electrons. The molecular formula is C23H44O3. The lowest BCUT2D eigenvalue weighted by Crippen LogP contribution is -2.17. The van der Waals surface area contributed by atoms with E-state index in [1.807, 2.05) is 6.08 Å². The van der Waals surface area contributed by atoms with Crippen LogP contribution in [0.5, 0.6) is 0 Å². The number of carboxylic acid groups (broad SMARTS) is 1. The van der Waals surface area contributed by atoms with Crippen LogP contribution < -0.4 is 0 Å². The summed E-state index contributed by atoms with van der Waals surface area (Å²) in [5, 5.41) is 17.7. The van der Waals surface area contributed by atoms with E-state index >= 15 is 0 Å². The number of hydrogen-bond acceptors (Lipinski definition) is 2. The molecule has 0 aliphatic carbocycles. The van der Waals surface area contributed by atoms with Crippen molar-refractivity contribution in [2.24, 2.45) is 0 Å². The minimum Gasteiger partial charge on any atom is -0.479 e. The van der Waals surface area contributed by atoms with Crippen molar-refractivity contribution in [2.45, 2.75) is 129 Å². The minimum atomic E-state index is -1.25. The van der Waals surface area contributed by atoms with Crippen molar-refractivity contribution in [3.8, 4) is 0 Å². The second kappa shape index (κ2) is 20.5. The highest BCUT2D eigenvalue weighted by Gasteiger charge is 2.09. The van der Waals surface area contributed by atoms with Crippen LogP contribution in [0.25, 0.3) is 0 Å². The van der Waals surface area contributed by atoms with Crippen LogP contribution in [-0.2, 0) is 4.79 Å². The largest absolute Gasteiger partial charge is 0.479 e. The molecule has 0 heterocycles. The Morgan fingerprint density at radius 3 is 1.46 bits per heavy atom. The first-order valence-corrected chi connectivity index (χ1v) is 11.2. The molecule has 0 fully saturated rings. The van der Waals surface area contributed by atoms with Crippen LogP contribution in [0.15, 0.2) is 12.2 Å². The highest BCUT2D eigenvalue weighted by molar-refractivity contribution is 5.72. The number of rotatable bonds is 20. The number of aliphatic hydroxyl groups is 1. The lowest BCUT2D eigenvalue weighted by atomic mass is 10.0. The third-order valence-electron chi connectivity index (χ3n) is 5.04. The van der Waals surface area contributed by atoms with Crippen molar-refractivity contribution in [3.05, 3.63) is 12.2 Å². The van der Waals surface area contributed by atoms with E-state index in [4.69, 9.17) is 10.2 Å². The highest BCUT2D eigenvalue weighted by atomic mass is 16.4. The Balaban J connectivity index is 3.11. The zero-order valence-corrected chi connectivity index (χ0v) is 17.3. The Morgan fingerprint density at radius 2 is 1.08 bits per heavy atom. The molecule has 0 aromatic rings. The zero-order chi connectivity index (χ0) is 19.3. The summed E-state index contributed by atoms with van der Waals surface area (Å²) < 4.78 is 0. The van der Waals surface area contributed by atoms with Crippen molar-refractivity contribution >= 4 is 5.97 Å². The fraction of sp³-hybridized carbons (Fsp3) is 0.870. The zero-order valence-electron chi connectivity index (χ0n) is 17.3. The van der Waals surface area contributed by atoms with Gasteiger partial charge in [-0.3, -0.25) is 0 Å². The van der Waals surface area contributed by atoms with E-state index in [9.17, 15) is 4.79 Å². The Hall–Kier alpha value is -0.830. The predicted molar refractivity (Wildman–Crippen MR) is 112 cm³/mol. The quantitative estimate of drug-likeness (QED) is 0.179. The number of aliphatic carboxylic acids is 1. The molecule has 0 saturated carbocycles. The monoisotopic (exact) mass is 368 g/mol. The SMILES string of the molecule is CCCCCCCCCCCCCCCCCCC=CCC(O)C(=O)O. The normalized spacial score (nSPS) is 12.7. The topological polar surface area (TPSA) is 57.5 Å². The summed E-state index contributed by atoms with van der Waals surface area (Å²) in [6.07, 6.45) is 25.8. The molecule has 2 N–H and O–H groups in total. The molecule has 26 heavy (non-hydrogen) atoms. The van der Waals surface area contributed by atoms with Crippen LogP contribution in [0.1, 0.15) is 122 Å². The standard InChI is InChI=1S/C23H44O3/c1-2-3-4-5-6-7-8-9-10-11-12-13-14-15-16-17-18-19-20-21-22(24)23(25)26/h19-20,22,24H,2-18,21H2,1H3,(H,25,26). The number of allylic oxidation sites excluding steroid dienone is 1. The van der Waals surface area contributed by atoms with Gasteiger partial charge in [0, 0.05) is 6.42 Å². The molecule has 3 nitrogen and oxygen atoms in total. The van der Waals surface area contributed by atoms with E-state index in [2.05, 4.69) is 6.92 Å². The van der Waals surface area contributed by atoms with Crippen LogP contribution in [0.4, 0.5) is 0 Å². The van der Waals surface area contributed by atoms with E-state index in [0.29, 0.717) is 0 Å². The maximum Gasteiger partial charge on any atom is 0.332 e. The van der Waals surface area contributed by atoms with Gasteiger partial charge in [-0.1, -0.05) is 115 Å². The number of carboxylic acids is 1. The fourth-order valence-corrected chi connectivity index (χ4v) is 3.25. The van der Waals surface area contributed by atoms with Crippen molar-refractivity contribution in [3.63, 3.8) is 0 Å². The lowest BCUT2D eigenvalue weighted by Gasteiger charge is -2.03. The molecule has 0 aromatic heterocycles. The van der Waals surface area contributed by atoms with Crippen LogP contribution in [0, 0.1) is 0 Å². The third-order valence-corrected chi connectivity index (χ3v) is 5.04. The Kier molecular flexibility index (Phi) is 19.8. The maximum absolute atomic E-state index is 10.4. The van der Waals surface area contributed by atoms with Gasteiger partial charge in [0.2, 0.25) is 0 Å². The van der Waals surface area contributed by atoms with Crippen molar-refractivity contribution < 1.29 is 15.0 Å². The van der Waals surface area contributed by atoms with E-state index in [1.54, 1.807) is 6.08 Å². The Labute approximate surface area is 162 Å². The van der Waals surface area contributed by atoms with Crippen LogP contribution in [-0.4, -0.2) is 22.3 Å². The molecule has 0 amide bonds. The molecular weight excluding hydrogens is 324 g/mol. The van der Waals surface area contributed by atoms with Gasteiger partial charge in [-0.15, -0.1) is 0 Å². The van der Waals surface area contributed by atoms with Gasteiger partial charge >= 0.3 is 5.97 Å². The van der Waals surface area contributed by atoms with Gasteiger partial charge in [-0.2, -0.15) is 0 Å². The van der Waals surface area contributed by atoms with E-state index < -0.39 is 12.1 Å². The second-order valence-electron chi connectivity index (χ2n) is 7.65. The predicted octanol–water partition coefficient (Wildman–Crippen LogP) is 7.03. The number of hydrogen-bond donors (Lipinski definition) is 2. The molecule has 1 atom stereocenters. The maximum atomic E-state index is 10.4. The second-order valence-corrected chi connectivity index (χ2v) is 7.65. The average molecular weight is 369 g/mol.